The van der Waals surface area contributed by atoms with E-state index in [4.69, 9.17) is 9.15 Å². The number of hydrogen-bond acceptors (Lipinski definition) is 4. The molecule has 3 N–H and O–H groups in total. The highest BCUT2D eigenvalue weighted by Gasteiger charge is 2.25. The number of para-hydroxylation sites is 1. The summed E-state index contributed by atoms with van der Waals surface area (Å²) in [4.78, 5) is 4.46. The predicted molar refractivity (Wildman–Crippen MR) is 103 cm³/mol. The van der Waals surface area contributed by atoms with Crippen molar-refractivity contribution in [3.05, 3.63) is 54.5 Å². The van der Waals surface area contributed by atoms with Gasteiger partial charge in [-0.3, -0.25) is 0 Å². The Morgan fingerprint density at radius 1 is 1.15 bits per heavy atom. The minimum atomic E-state index is -1.13. The van der Waals surface area contributed by atoms with E-state index in [1.54, 1.807) is 25.3 Å². The summed E-state index contributed by atoms with van der Waals surface area (Å²) in [5, 5.41) is 16.9. The summed E-state index contributed by atoms with van der Waals surface area (Å²) in [5.41, 5.74) is -1.13. The fourth-order valence-electron chi connectivity index (χ4n) is 2.38. The van der Waals surface area contributed by atoms with Gasteiger partial charge in [0.2, 0.25) is 0 Å². The molecule has 6 nitrogen and oxygen atoms in total. The van der Waals surface area contributed by atoms with Gasteiger partial charge < -0.3 is 24.9 Å². The molecule has 1 unspecified atom stereocenters. The lowest BCUT2D eigenvalue weighted by atomic mass is 10.0. The number of unbranched alkanes of at least 4 members (excludes halogenated alkanes) is 1. The molecule has 1 heterocycles. The largest absolute Gasteiger partial charge is 0.494 e. The van der Waals surface area contributed by atoms with Crippen molar-refractivity contribution in [2.24, 2.45) is 4.99 Å². The van der Waals surface area contributed by atoms with Crippen LogP contribution in [0.4, 0.5) is 0 Å². The average Bonchev–Trinajstić information content (AvgIpc) is 3.19. The van der Waals surface area contributed by atoms with Gasteiger partial charge in [-0.05, 0) is 51.0 Å². The highest BCUT2D eigenvalue weighted by molar-refractivity contribution is 5.79. The third kappa shape index (κ3) is 6.80. The molecule has 26 heavy (non-hydrogen) atoms. The van der Waals surface area contributed by atoms with E-state index >= 15 is 0 Å². The number of aliphatic hydroxyl groups is 1. The van der Waals surface area contributed by atoms with Crippen LogP contribution in [0.2, 0.25) is 0 Å². The van der Waals surface area contributed by atoms with Gasteiger partial charge in [0.15, 0.2) is 5.96 Å². The molecule has 0 saturated heterocycles. The summed E-state index contributed by atoms with van der Waals surface area (Å²) < 4.78 is 11.0. The summed E-state index contributed by atoms with van der Waals surface area (Å²) in [6, 6.07) is 13.3. The number of guanidine groups is 1. The minimum absolute atomic E-state index is 0.215. The predicted octanol–water partition coefficient (Wildman–Crippen LogP) is 2.90. The van der Waals surface area contributed by atoms with Crippen molar-refractivity contribution in [3.8, 4) is 5.75 Å². The molecule has 142 valence electrons. The van der Waals surface area contributed by atoms with E-state index in [2.05, 4.69) is 15.6 Å². The van der Waals surface area contributed by atoms with Crippen molar-refractivity contribution < 1.29 is 14.3 Å². The van der Waals surface area contributed by atoms with Gasteiger partial charge in [0, 0.05) is 13.1 Å². The Kier molecular flexibility index (Phi) is 8.02. The topological polar surface area (TPSA) is 79.0 Å². The fourth-order valence-corrected chi connectivity index (χ4v) is 2.38. The van der Waals surface area contributed by atoms with E-state index in [1.165, 1.54) is 0 Å². The van der Waals surface area contributed by atoms with Crippen molar-refractivity contribution in [2.45, 2.75) is 32.3 Å². The molecule has 1 atom stereocenters. The van der Waals surface area contributed by atoms with Crippen LogP contribution in [0.25, 0.3) is 0 Å². The Labute approximate surface area is 155 Å². The molecule has 6 heteroatoms. The molecule has 2 aromatic rings. The molecule has 0 bridgehead atoms. The Balaban J connectivity index is 1.70. The molecular formula is C20H29N3O3. The normalized spacial score (nSPS) is 13.9. The molecule has 0 radical (unpaired) electrons. The smallest absolute Gasteiger partial charge is 0.191 e. The third-order valence-electron chi connectivity index (χ3n) is 3.82. The number of aliphatic imine (C=N–C) groups is 1. The third-order valence-corrected chi connectivity index (χ3v) is 3.82. The lowest BCUT2D eigenvalue weighted by Crippen LogP contribution is -2.39. The summed E-state index contributed by atoms with van der Waals surface area (Å²) in [6.07, 6.45) is 3.46. The van der Waals surface area contributed by atoms with E-state index < -0.39 is 5.60 Å². The molecule has 0 amide bonds. The SMILES string of the molecule is CCNC(=NCC(C)(O)c1ccco1)NCCCCOc1ccccc1. The lowest BCUT2D eigenvalue weighted by Gasteiger charge is -2.19. The number of hydrogen-bond donors (Lipinski definition) is 3. The van der Waals surface area contributed by atoms with Gasteiger partial charge in [-0.2, -0.15) is 0 Å². The van der Waals surface area contributed by atoms with Gasteiger partial charge >= 0.3 is 0 Å². The van der Waals surface area contributed by atoms with Crippen LogP contribution in [0.5, 0.6) is 5.75 Å². The monoisotopic (exact) mass is 359 g/mol. The van der Waals surface area contributed by atoms with Crippen LogP contribution in [0.3, 0.4) is 0 Å². The first kappa shape index (κ1) is 19.8. The van der Waals surface area contributed by atoms with Crippen molar-refractivity contribution in [3.63, 3.8) is 0 Å². The van der Waals surface area contributed by atoms with Crippen LogP contribution in [0.15, 0.2) is 58.1 Å². The maximum absolute atomic E-state index is 10.5. The van der Waals surface area contributed by atoms with Crippen LogP contribution in [-0.2, 0) is 5.60 Å². The molecule has 1 aromatic carbocycles. The zero-order valence-electron chi connectivity index (χ0n) is 15.6. The Morgan fingerprint density at radius 2 is 1.96 bits per heavy atom. The van der Waals surface area contributed by atoms with Gasteiger partial charge in [0.25, 0.3) is 0 Å². The number of furan rings is 1. The first-order valence-electron chi connectivity index (χ1n) is 9.08. The maximum atomic E-state index is 10.5. The summed E-state index contributed by atoms with van der Waals surface area (Å²) >= 11 is 0. The second-order valence-corrected chi connectivity index (χ2v) is 6.24. The van der Waals surface area contributed by atoms with Crippen molar-refractivity contribution in [2.75, 3.05) is 26.2 Å². The number of nitrogens with one attached hydrogen (secondary N) is 2. The van der Waals surface area contributed by atoms with Gasteiger partial charge in [0.05, 0.1) is 19.4 Å². The molecule has 0 fully saturated rings. The number of ether oxygens (including phenoxy) is 1. The quantitative estimate of drug-likeness (QED) is 0.345. The van der Waals surface area contributed by atoms with Gasteiger partial charge in [-0.25, -0.2) is 4.99 Å². The van der Waals surface area contributed by atoms with Gasteiger partial charge in [-0.15, -0.1) is 0 Å². The average molecular weight is 359 g/mol. The highest BCUT2D eigenvalue weighted by Crippen LogP contribution is 2.21. The summed E-state index contributed by atoms with van der Waals surface area (Å²) in [5.74, 6) is 2.09. The molecule has 2 rings (SSSR count). The number of rotatable bonds is 10. The Morgan fingerprint density at radius 3 is 2.65 bits per heavy atom. The van der Waals surface area contributed by atoms with Crippen LogP contribution in [-0.4, -0.2) is 37.3 Å². The summed E-state index contributed by atoms with van der Waals surface area (Å²) in [7, 11) is 0. The first-order chi connectivity index (χ1) is 12.6. The van der Waals surface area contributed by atoms with Gasteiger partial charge in [-0.1, -0.05) is 18.2 Å². The zero-order chi connectivity index (χ0) is 18.7. The minimum Gasteiger partial charge on any atom is -0.494 e. The number of nitrogens with zero attached hydrogens (tertiary/aromatic N) is 1. The van der Waals surface area contributed by atoms with E-state index in [0.717, 1.165) is 31.7 Å². The lowest BCUT2D eigenvalue weighted by molar-refractivity contribution is 0.0437. The summed E-state index contributed by atoms with van der Waals surface area (Å²) in [6.45, 7) is 6.15. The van der Waals surface area contributed by atoms with Crippen LogP contribution >= 0.6 is 0 Å². The second kappa shape index (κ2) is 10.5. The molecule has 0 aliphatic heterocycles. The molecule has 0 spiro atoms. The second-order valence-electron chi connectivity index (χ2n) is 6.24. The van der Waals surface area contributed by atoms with Crippen molar-refractivity contribution in [1.29, 1.82) is 0 Å². The molecule has 0 saturated carbocycles. The van der Waals surface area contributed by atoms with Crippen LogP contribution < -0.4 is 15.4 Å². The van der Waals surface area contributed by atoms with Crippen molar-refractivity contribution in [1.82, 2.24) is 10.6 Å². The Bertz CT molecular complexity index is 640. The van der Waals surface area contributed by atoms with Crippen LogP contribution in [0.1, 0.15) is 32.4 Å². The molecule has 0 aliphatic rings. The van der Waals surface area contributed by atoms with E-state index in [1.807, 2.05) is 37.3 Å². The van der Waals surface area contributed by atoms with E-state index in [9.17, 15) is 5.11 Å². The maximum Gasteiger partial charge on any atom is 0.191 e. The Hall–Kier alpha value is -2.47. The van der Waals surface area contributed by atoms with Crippen molar-refractivity contribution >= 4 is 5.96 Å². The fraction of sp³-hybridized carbons (Fsp3) is 0.450. The van der Waals surface area contributed by atoms with Gasteiger partial charge in [0.1, 0.15) is 17.1 Å². The van der Waals surface area contributed by atoms with E-state index in [-0.39, 0.29) is 6.54 Å². The molecule has 1 aromatic heterocycles. The molecule has 0 aliphatic carbocycles. The van der Waals surface area contributed by atoms with E-state index in [0.29, 0.717) is 18.3 Å². The standard InChI is InChI=1S/C20H29N3O3/c1-3-21-19(23-16-20(2,24)18-12-9-15-26-18)22-13-7-8-14-25-17-10-5-4-6-11-17/h4-6,9-12,15,24H,3,7-8,13-14,16H2,1-2H3,(H2,21,22,23). The number of benzene rings is 1. The van der Waals surface area contributed by atoms with Crippen LogP contribution in [0, 0.1) is 0 Å². The molecular weight excluding hydrogens is 330 g/mol. The zero-order valence-corrected chi connectivity index (χ0v) is 15.6. The highest BCUT2D eigenvalue weighted by atomic mass is 16.5. The first-order valence-corrected chi connectivity index (χ1v) is 9.08.